The van der Waals surface area contributed by atoms with Gasteiger partial charge in [0.1, 0.15) is 6.10 Å². The summed E-state index contributed by atoms with van der Waals surface area (Å²) >= 11 is 0. The predicted molar refractivity (Wildman–Crippen MR) is 60.8 cm³/mol. The molecule has 0 bridgehead atoms. The van der Waals surface area contributed by atoms with Crippen molar-refractivity contribution in [2.45, 2.75) is 12.5 Å². The zero-order valence-electron chi connectivity index (χ0n) is 8.82. The van der Waals surface area contributed by atoms with Crippen molar-refractivity contribution in [2.24, 2.45) is 0 Å². The average molecular weight is 204 g/mol. The molecular formula is C13H16O2. The van der Waals surface area contributed by atoms with Crippen LogP contribution >= 0.6 is 0 Å². The van der Waals surface area contributed by atoms with Crippen LogP contribution in [0.3, 0.4) is 0 Å². The van der Waals surface area contributed by atoms with Gasteiger partial charge in [0.25, 0.3) is 0 Å². The van der Waals surface area contributed by atoms with Crippen LogP contribution in [-0.4, -0.2) is 25.9 Å². The molecule has 15 heavy (non-hydrogen) atoms. The molecule has 2 rings (SSSR count). The molecule has 1 unspecified atom stereocenters. The Balaban J connectivity index is 1.78. The lowest BCUT2D eigenvalue weighted by atomic mass is 10.1. The minimum absolute atomic E-state index is 0.361. The van der Waals surface area contributed by atoms with Gasteiger partial charge in [-0.05, 0) is 17.5 Å². The van der Waals surface area contributed by atoms with E-state index in [9.17, 15) is 0 Å². The standard InChI is InChI=1S/C13H16O2/c1-2-11-5-3-4-6-12(11)7-8-14-9-13-10-15-13/h2-6,13H,1,7-10H2. The first-order chi connectivity index (χ1) is 7.40. The second-order valence-electron chi connectivity index (χ2n) is 3.68. The van der Waals surface area contributed by atoms with E-state index >= 15 is 0 Å². The molecule has 2 nitrogen and oxygen atoms in total. The molecule has 80 valence electrons. The fourth-order valence-electron chi connectivity index (χ4n) is 1.52. The molecule has 2 heteroatoms. The summed E-state index contributed by atoms with van der Waals surface area (Å²) in [6, 6.07) is 8.27. The van der Waals surface area contributed by atoms with E-state index in [0.29, 0.717) is 6.10 Å². The van der Waals surface area contributed by atoms with E-state index in [4.69, 9.17) is 9.47 Å². The van der Waals surface area contributed by atoms with Gasteiger partial charge in [-0.2, -0.15) is 0 Å². The molecule has 0 N–H and O–H groups in total. The third-order valence-corrected chi connectivity index (χ3v) is 2.50. The summed E-state index contributed by atoms with van der Waals surface area (Å²) in [5, 5.41) is 0. The summed E-state index contributed by atoms with van der Waals surface area (Å²) in [7, 11) is 0. The van der Waals surface area contributed by atoms with E-state index in [1.54, 1.807) is 0 Å². The van der Waals surface area contributed by atoms with Crippen molar-refractivity contribution in [3.63, 3.8) is 0 Å². The van der Waals surface area contributed by atoms with E-state index in [2.05, 4.69) is 18.7 Å². The summed E-state index contributed by atoms with van der Waals surface area (Å²) < 4.78 is 10.6. The van der Waals surface area contributed by atoms with Crippen molar-refractivity contribution in [1.29, 1.82) is 0 Å². The lowest BCUT2D eigenvalue weighted by Crippen LogP contribution is -2.05. The summed E-state index contributed by atoms with van der Waals surface area (Å²) in [4.78, 5) is 0. The van der Waals surface area contributed by atoms with Crippen LogP contribution in [0.5, 0.6) is 0 Å². The molecule has 0 aliphatic carbocycles. The fourth-order valence-corrected chi connectivity index (χ4v) is 1.52. The van der Waals surface area contributed by atoms with Gasteiger partial charge in [0.05, 0.1) is 19.8 Å². The Morgan fingerprint density at radius 3 is 3.00 bits per heavy atom. The molecule has 1 fully saturated rings. The molecule has 0 saturated carbocycles. The van der Waals surface area contributed by atoms with Gasteiger partial charge in [0.2, 0.25) is 0 Å². The van der Waals surface area contributed by atoms with Gasteiger partial charge in [0, 0.05) is 0 Å². The largest absolute Gasteiger partial charge is 0.378 e. The number of ether oxygens (including phenoxy) is 2. The van der Waals surface area contributed by atoms with E-state index in [0.717, 1.165) is 26.2 Å². The Morgan fingerprint density at radius 2 is 2.27 bits per heavy atom. The van der Waals surface area contributed by atoms with Crippen LogP contribution in [0, 0.1) is 0 Å². The van der Waals surface area contributed by atoms with Crippen molar-refractivity contribution in [2.75, 3.05) is 19.8 Å². The number of hydrogen-bond donors (Lipinski definition) is 0. The van der Waals surface area contributed by atoms with Crippen molar-refractivity contribution in [1.82, 2.24) is 0 Å². The Labute approximate surface area is 90.5 Å². The molecule has 0 spiro atoms. The summed E-state index contributed by atoms with van der Waals surface area (Å²) in [6.07, 6.45) is 3.19. The van der Waals surface area contributed by atoms with Gasteiger partial charge >= 0.3 is 0 Å². The van der Waals surface area contributed by atoms with Crippen LogP contribution in [0.4, 0.5) is 0 Å². The molecule has 1 aliphatic heterocycles. The van der Waals surface area contributed by atoms with Gasteiger partial charge in [-0.25, -0.2) is 0 Å². The zero-order chi connectivity index (χ0) is 10.5. The maximum absolute atomic E-state index is 5.50. The first-order valence-corrected chi connectivity index (χ1v) is 5.30. The summed E-state index contributed by atoms with van der Waals surface area (Å²) in [5.41, 5.74) is 2.49. The Morgan fingerprint density at radius 1 is 1.47 bits per heavy atom. The third kappa shape index (κ3) is 3.18. The van der Waals surface area contributed by atoms with Gasteiger partial charge in [-0.1, -0.05) is 36.9 Å². The quantitative estimate of drug-likeness (QED) is 0.524. The van der Waals surface area contributed by atoms with Crippen molar-refractivity contribution in [3.8, 4) is 0 Å². The molecular weight excluding hydrogens is 188 g/mol. The minimum Gasteiger partial charge on any atom is -0.378 e. The van der Waals surface area contributed by atoms with Crippen molar-refractivity contribution < 1.29 is 9.47 Å². The molecule has 1 aromatic carbocycles. The second kappa shape index (κ2) is 5.10. The zero-order valence-corrected chi connectivity index (χ0v) is 8.82. The van der Waals surface area contributed by atoms with Gasteiger partial charge in [-0.3, -0.25) is 0 Å². The van der Waals surface area contributed by atoms with Crippen LogP contribution in [0.2, 0.25) is 0 Å². The smallest absolute Gasteiger partial charge is 0.104 e. The molecule has 1 aliphatic rings. The SMILES string of the molecule is C=Cc1ccccc1CCOCC1CO1. The molecule has 0 amide bonds. The van der Waals surface area contributed by atoms with Gasteiger partial charge < -0.3 is 9.47 Å². The highest BCUT2D eigenvalue weighted by Gasteiger charge is 2.21. The maximum Gasteiger partial charge on any atom is 0.104 e. The Kier molecular flexibility index (Phi) is 3.54. The maximum atomic E-state index is 5.50. The van der Waals surface area contributed by atoms with E-state index in [1.165, 1.54) is 11.1 Å². The third-order valence-electron chi connectivity index (χ3n) is 2.50. The highest BCUT2D eigenvalue weighted by Crippen LogP contribution is 2.12. The van der Waals surface area contributed by atoms with E-state index in [1.807, 2.05) is 18.2 Å². The normalized spacial score (nSPS) is 18.8. The predicted octanol–water partition coefficient (Wildman–Crippen LogP) is 2.29. The first kappa shape index (κ1) is 10.4. The van der Waals surface area contributed by atoms with Crippen LogP contribution in [0.1, 0.15) is 11.1 Å². The number of epoxide rings is 1. The van der Waals surface area contributed by atoms with Crippen molar-refractivity contribution in [3.05, 3.63) is 42.0 Å². The van der Waals surface area contributed by atoms with Gasteiger partial charge in [-0.15, -0.1) is 0 Å². The molecule has 1 saturated heterocycles. The van der Waals surface area contributed by atoms with Crippen LogP contribution in [0.25, 0.3) is 6.08 Å². The number of benzene rings is 1. The summed E-state index contributed by atoms with van der Waals surface area (Å²) in [6.45, 7) is 6.15. The van der Waals surface area contributed by atoms with E-state index < -0.39 is 0 Å². The highest BCUT2D eigenvalue weighted by atomic mass is 16.6. The molecule has 1 atom stereocenters. The lowest BCUT2D eigenvalue weighted by molar-refractivity contribution is 0.119. The van der Waals surface area contributed by atoms with Crippen LogP contribution in [-0.2, 0) is 15.9 Å². The van der Waals surface area contributed by atoms with Gasteiger partial charge in [0.15, 0.2) is 0 Å². The van der Waals surface area contributed by atoms with Crippen LogP contribution in [0.15, 0.2) is 30.8 Å². The monoisotopic (exact) mass is 204 g/mol. The number of rotatable bonds is 6. The second-order valence-corrected chi connectivity index (χ2v) is 3.68. The van der Waals surface area contributed by atoms with E-state index in [-0.39, 0.29) is 0 Å². The topological polar surface area (TPSA) is 21.8 Å². The number of hydrogen-bond acceptors (Lipinski definition) is 2. The average Bonchev–Trinajstić information content (AvgIpc) is 3.09. The fraction of sp³-hybridized carbons (Fsp3) is 0.385. The minimum atomic E-state index is 0.361. The molecule has 0 aromatic heterocycles. The first-order valence-electron chi connectivity index (χ1n) is 5.30. The Hall–Kier alpha value is -1.12. The molecule has 0 radical (unpaired) electrons. The summed E-state index contributed by atoms with van der Waals surface area (Å²) in [5.74, 6) is 0. The Bertz CT molecular complexity index is 329. The molecule has 1 heterocycles. The van der Waals surface area contributed by atoms with Crippen molar-refractivity contribution >= 4 is 6.08 Å². The molecule has 1 aromatic rings. The highest BCUT2D eigenvalue weighted by molar-refractivity contribution is 5.51. The lowest BCUT2D eigenvalue weighted by Gasteiger charge is -2.05. The van der Waals surface area contributed by atoms with Crippen LogP contribution < -0.4 is 0 Å².